The van der Waals surface area contributed by atoms with Gasteiger partial charge in [-0.05, 0) is 0 Å². The third-order valence-corrected chi connectivity index (χ3v) is 0. The maximum absolute atomic E-state index is 6.00. The summed E-state index contributed by atoms with van der Waals surface area (Å²) in [6.07, 6.45) is 0. The zero-order valence-corrected chi connectivity index (χ0v) is 2.89. The van der Waals surface area contributed by atoms with Crippen molar-refractivity contribution in [1.82, 2.24) is 0 Å². The lowest BCUT2D eigenvalue weighted by molar-refractivity contribution is 1.15. The lowest BCUT2D eigenvalue weighted by atomic mass is 11.0. The van der Waals surface area contributed by atoms with Crippen LogP contribution in [-0.2, 0) is 0 Å². The molecule has 4 heavy (non-hydrogen) atoms. The third-order valence-electron chi connectivity index (χ3n) is 0. The van der Waals surface area contributed by atoms with Gasteiger partial charge in [0, 0.05) is 10.8 Å². The van der Waals surface area contributed by atoms with E-state index in [1.54, 1.807) is 0 Å². The highest BCUT2D eigenvalue weighted by Gasteiger charge is 0.932. The van der Waals surface area contributed by atoms with E-state index in [1.807, 2.05) is 13.8 Å². The summed E-state index contributed by atoms with van der Waals surface area (Å²) < 4.78 is 0. The number of hydrogen-bond acceptors (Lipinski definition) is 2. The Hall–Kier alpha value is -0.580. The van der Waals surface area contributed by atoms with Crippen LogP contribution in [0.2, 0.25) is 0 Å². The van der Waals surface area contributed by atoms with E-state index in [4.69, 9.17) is 10.8 Å². The maximum Gasteiger partial charge on any atom is 0 e. The van der Waals surface area contributed by atoms with Crippen LogP contribution in [-0.4, -0.2) is 0 Å². The molecule has 0 fully saturated rings. The van der Waals surface area contributed by atoms with Crippen molar-refractivity contribution in [2.75, 3.05) is 0 Å². The molecule has 0 spiro atoms. The summed E-state index contributed by atoms with van der Waals surface area (Å²) >= 11 is 0. The van der Waals surface area contributed by atoms with E-state index < -0.39 is 0 Å². The number of nitrogens with zero attached hydrogens (tertiary/aromatic N) is 2. The van der Waals surface area contributed by atoms with Gasteiger partial charge in [0.2, 0.25) is 0 Å². The third kappa shape index (κ3) is 0.745. The van der Waals surface area contributed by atoms with Crippen molar-refractivity contribution < 1.29 is 0 Å². The first-order valence-electron chi connectivity index (χ1n) is 1.20. The van der Waals surface area contributed by atoms with Crippen molar-refractivity contribution in [2.45, 2.75) is 13.8 Å². The first kappa shape index (κ1) is 9.93. The molecule has 0 atom stereocenters. The van der Waals surface area contributed by atoms with Gasteiger partial charge in [-0.15, -0.1) is 0 Å². The minimum absolute atomic E-state index is 2.00. The van der Waals surface area contributed by atoms with Crippen LogP contribution in [0.3, 0.4) is 0 Å². The molecule has 0 aliphatic heterocycles. The second-order valence-electron chi connectivity index (χ2n) is 0. The summed E-state index contributed by atoms with van der Waals surface area (Å²) in [6, 6.07) is 0. The first-order valence-corrected chi connectivity index (χ1v) is 1.20. The number of hydrogen-bond donors (Lipinski definition) is 0. The van der Waals surface area contributed by atoms with E-state index in [0.29, 0.717) is 0 Å². The van der Waals surface area contributed by atoms with Crippen LogP contribution in [0.4, 0.5) is 0 Å². The van der Waals surface area contributed by atoms with E-state index in [-0.39, 0.29) is 0 Å². The molecule has 0 rings (SSSR count). The van der Waals surface area contributed by atoms with Crippen LogP contribution in [0, 0.1) is 10.8 Å². The van der Waals surface area contributed by atoms with Gasteiger partial charge in [-0.3, -0.25) is 0 Å². The van der Waals surface area contributed by atoms with E-state index in [0.717, 1.165) is 0 Å². The largest absolute Gasteiger partial charge is 0.0683 e. The van der Waals surface area contributed by atoms with Gasteiger partial charge in [-0.25, -0.2) is 0 Å². The molecule has 0 heterocycles. The molecule has 0 aliphatic rings. The molecule has 0 unspecified atom stereocenters. The lowest BCUT2D eigenvalue weighted by Crippen LogP contribution is -0.856. The minimum atomic E-state index is 2.00. The Morgan fingerprint density at radius 3 is 1.00 bits per heavy atom. The Balaban J connectivity index is 0. The summed E-state index contributed by atoms with van der Waals surface area (Å²) in [6.45, 7) is 4.00. The van der Waals surface area contributed by atoms with Crippen LogP contribution < -0.4 is 0 Å². The minimum Gasteiger partial charge on any atom is -0.0683 e. The van der Waals surface area contributed by atoms with Crippen molar-refractivity contribution in [3.8, 4) is 0 Å². The maximum atomic E-state index is 6.00. The smallest absolute Gasteiger partial charge is 0 e. The first-order chi connectivity index (χ1) is 2.00. The fourth-order valence-corrected chi connectivity index (χ4v) is 0. The van der Waals surface area contributed by atoms with E-state index in [9.17, 15) is 0 Å². The Labute approximate surface area is 25.9 Å². The quantitative estimate of drug-likeness (QED) is 0.391. The van der Waals surface area contributed by atoms with E-state index in [2.05, 4.69) is 0 Å². The average Bonchev–Trinajstić information content (AvgIpc) is 1.50. The number of rotatable bonds is 0. The molecule has 0 aliphatic carbocycles. The average molecular weight is 58.1 g/mol. The monoisotopic (exact) mass is 58.1 g/mol. The molecule has 24 valence electrons. The molecule has 0 amide bonds. The van der Waals surface area contributed by atoms with Gasteiger partial charge >= 0.3 is 0 Å². The summed E-state index contributed by atoms with van der Waals surface area (Å²) in [5, 5.41) is 12.0. The predicted octanol–water partition coefficient (Wildman–Crippen LogP) is 1.06. The summed E-state index contributed by atoms with van der Waals surface area (Å²) in [7, 11) is 0. The van der Waals surface area contributed by atoms with E-state index in [1.165, 1.54) is 0 Å². The van der Waals surface area contributed by atoms with Crippen molar-refractivity contribution in [1.29, 1.82) is 10.8 Å². The molecular weight excluding hydrogens is 52.0 g/mol. The summed E-state index contributed by atoms with van der Waals surface area (Å²) in [4.78, 5) is 0. The summed E-state index contributed by atoms with van der Waals surface area (Å²) in [5.41, 5.74) is 0. The molecule has 0 aromatic rings. The molecule has 0 radical (unpaired) electrons. The molecule has 0 saturated heterocycles. The zero-order valence-electron chi connectivity index (χ0n) is 2.89. The normalized spacial score (nSPS) is 2.00. The van der Waals surface area contributed by atoms with Crippen molar-refractivity contribution >= 4 is 0 Å². The van der Waals surface area contributed by atoms with Crippen LogP contribution >= 0.6 is 0 Å². The molecule has 0 bridgehead atoms. The van der Waals surface area contributed by atoms with Crippen LogP contribution in [0.1, 0.15) is 13.8 Å². The Bertz CT molecular complexity index is 8.75. The standard InChI is InChI=1S/C2H6.N2/c2*1-2/h1-2H3;. The van der Waals surface area contributed by atoms with E-state index >= 15 is 0 Å². The molecule has 2 heteroatoms. The van der Waals surface area contributed by atoms with Crippen LogP contribution in [0.5, 0.6) is 0 Å². The second kappa shape index (κ2) is 14.5. The SMILES string of the molecule is CC.N#N. The zero-order chi connectivity index (χ0) is 4.00. The predicted molar refractivity (Wildman–Crippen MR) is 14.8 cm³/mol. The van der Waals surface area contributed by atoms with Gasteiger partial charge in [0.1, 0.15) is 0 Å². The fourth-order valence-electron chi connectivity index (χ4n) is 0. The Morgan fingerprint density at radius 2 is 1.00 bits per heavy atom. The van der Waals surface area contributed by atoms with Gasteiger partial charge in [0.15, 0.2) is 0 Å². The van der Waals surface area contributed by atoms with Crippen LogP contribution in [0.25, 0.3) is 0 Å². The lowest BCUT2D eigenvalue weighted by Gasteiger charge is -1.07. The highest BCUT2D eigenvalue weighted by atomic mass is 14.6. The molecular formula is C2H6N2. The molecule has 2 nitrogen and oxygen atoms in total. The fraction of sp³-hybridized carbons (Fsp3) is 1.00. The van der Waals surface area contributed by atoms with Gasteiger partial charge < -0.3 is 0 Å². The van der Waals surface area contributed by atoms with Crippen molar-refractivity contribution in [3.05, 3.63) is 0 Å². The van der Waals surface area contributed by atoms with Gasteiger partial charge in [0.05, 0.1) is 0 Å². The van der Waals surface area contributed by atoms with Gasteiger partial charge in [-0.1, -0.05) is 13.8 Å². The van der Waals surface area contributed by atoms with Gasteiger partial charge in [-0.2, -0.15) is 0 Å². The summed E-state index contributed by atoms with van der Waals surface area (Å²) in [5.74, 6) is 0. The molecule has 0 aromatic carbocycles. The highest BCUT2D eigenvalue weighted by molar-refractivity contribution is 3.50. The molecule has 0 aromatic heterocycles. The topological polar surface area (TPSA) is 47.6 Å². The molecule has 0 saturated carbocycles. The highest BCUT2D eigenvalue weighted by Crippen LogP contribution is 1.14. The Morgan fingerprint density at radius 1 is 1.00 bits per heavy atom. The van der Waals surface area contributed by atoms with Gasteiger partial charge in [0.25, 0.3) is 0 Å². The Kier molecular flexibility index (Phi) is 36.0. The van der Waals surface area contributed by atoms with Crippen LogP contribution in [0.15, 0.2) is 0 Å². The van der Waals surface area contributed by atoms with Crippen molar-refractivity contribution in [2.24, 2.45) is 0 Å². The van der Waals surface area contributed by atoms with Crippen molar-refractivity contribution in [3.63, 3.8) is 0 Å². The molecule has 0 N–H and O–H groups in total. The second-order valence-corrected chi connectivity index (χ2v) is 0.